The van der Waals surface area contributed by atoms with E-state index in [9.17, 15) is 19.4 Å². The molecule has 3 atom stereocenters. The van der Waals surface area contributed by atoms with Crippen molar-refractivity contribution in [2.45, 2.75) is 187 Å². The average Bonchev–Trinajstić information content (AvgIpc) is 3.13. The van der Waals surface area contributed by atoms with Crippen LogP contribution in [0.15, 0.2) is 60.8 Å². The fourth-order valence-corrected chi connectivity index (χ4v) is 6.75. The van der Waals surface area contributed by atoms with E-state index >= 15 is 0 Å². The zero-order chi connectivity index (χ0) is 40.7. The Labute approximate surface area is 339 Å². The fourth-order valence-electron chi connectivity index (χ4n) is 6.01. The van der Waals surface area contributed by atoms with Crippen molar-refractivity contribution in [2.24, 2.45) is 0 Å². The lowest BCUT2D eigenvalue weighted by atomic mass is 10.0. The molecule has 0 aliphatic heterocycles. The van der Waals surface area contributed by atoms with Gasteiger partial charge in [0.25, 0.3) is 0 Å². The van der Waals surface area contributed by atoms with Crippen LogP contribution in [0.5, 0.6) is 0 Å². The monoisotopic (exact) mass is 794 g/mol. The maximum Gasteiger partial charge on any atom is 0.472 e. The van der Waals surface area contributed by atoms with Crippen LogP contribution in [0.1, 0.15) is 174 Å². The topological polar surface area (TPSA) is 105 Å². The first-order chi connectivity index (χ1) is 26.5. The number of carbonyl (C=O) groups excluding carboxylic acids is 1. The van der Waals surface area contributed by atoms with E-state index in [1.807, 2.05) is 21.1 Å². The van der Waals surface area contributed by atoms with Gasteiger partial charge in [0.05, 0.1) is 39.9 Å². The molecule has 0 bridgehead atoms. The number of rotatable bonds is 39. The van der Waals surface area contributed by atoms with E-state index in [4.69, 9.17) is 9.05 Å². The Morgan fingerprint density at radius 2 is 1.09 bits per heavy atom. The molecule has 0 aromatic rings. The van der Waals surface area contributed by atoms with E-state index in [0.717, 1.165) is 70.6 Å². The van der Waals surface area contributed by atoms with Crippen LogP contribution in [0.3, 0.4) is 0 Å². The molecule has 0 saturated carbocycles. The molecule has 0 aromatic carbocycles. The van der Waals surface area contributed by atoms with E-state index < -0.39 is 20.0 Å². The largest absolute Gasteiger partial charge is 0.472 e. The van der Waals surface area contributed by atoms with Gasteiger partial charge < -0.3 is 19.8 Å². The van der Waals surface area contributed by atoms with Crippen molar-refractivity contribution in [3.8, 4) is 0 Å². The van der Waals surface area contributed by atoms with Gasteiger partial charge in [-0.2, -0.15) is 0 Å². The highest BCUT2D eigenvalue weighted by Crippen LogP contribution is 2.43. The van der Waals surface area contributed by atoms with Gasteiger partial charge in [0.2, 0.25) is 5.91 Å². The minimum Gasteiger partial charge on any atom is -0.391 e. The predicted molar refractivity (Wildman–Crippen MR) is 235 cm³/mol. The average molecular weight is 794 g/mol. The molecule has 3 unspecified atom stereocenters. The number of hydrogen-bond donors (Lipinski definition) is 3. The normalized spacial score (nSPS) is 15.0. The van der Waals surface area contributed by atoms with Gasteiger partial charge in [-0.1, -0.05) is 171 Å². The van der Waals surface area contributed by atoms with Gasteiger partial charge in [-0.3, -0.25) is 13.8 Å². The summed E-state index contributed by atoms with van der Waals surface area (Å²) < 4.78 is 23.5. The summed E-state index contributed by atoms with van der Waals surface area (Å²) in [5.41, 5.74) is 0. The third-order valence-corrected chi connectivity index (χ3v) is 10.5. The van der Waals surface area contributed by atoms with Crippen LogP contribution in [0.25, 0.3) is 0 Å². The Hall–Kier alpha value is -1.80. The van der Waals surface area contributed by atoms with E-state index in [1.54, 1.807) is 0 Å². The van der Waals surface area contributed by atoms with Gasteiger partial charge in [-0.15, -0.1) is 0 Å². The van der Waals surface area contributed by atoms with E-state index in [2.05, 4.69) is 79.9 Å². The Balaban J connectivity index is 4.05. The highest BCUT2D eigenvalue weighted by molar-refractivity contribution is 7.47. The number of phosphoric ester groups is 1. The Bertz CT molecular complexity index is 1080. The van der Waals surface area contributed by atoms with Gasteiger partial charge in [-0.05, 0) is 57.8 Å². The van der Waals surface area contributed by atoms with E-state index in [0.29, 0.717) is 23.9 Å². The molecule has 8 nitrogen and oxygen atoms in total. The SMILES string of the molecule is CC/C=C\C/C=C\C/C=C\C/C=C\C/C=C\CCCCCCCCCCCCCC(=O)NC(COP(=O)(O)OCC[N+](C)(C)C)C(O)CCCCCCCC. The van der Waals surface area contributed by atoms with Gasteiger partial charge in [0.1, 0.15) is 13.2 Å². The number of allylic oxidation sites excluding steroid dienone is 10. The number of aliphatic hydroxyl groups excluding tert-OH is 1. The number of likely N-dealkylation sites (N-methyl/N-ethyl adjacent to an activating group) is 1. The smallest absolute Gasteiger partial charge is 0.391 e. The molecular formula is C46H86N2O6P+. The zero-order valence-corrected chi connectivity index (χ0v) is 37.0. The number of unbranched alkanes of at least 4 members (excludes halogenated alkanes) is 16. The van der Waals surface area contributed by atoms with Crippen LogP contribution in [-0.2, 0) is 18.4 Å². The molecule has 3 N–H and O–H groups in total. The lowest BCUT2D eigenvalue weighted by molar-refractivity contribution is -0.870. The van der Waals surface area contributed by atoms with Gasteiger partial charge in [0.15, 0.2) is 0 Å². The second-order valence-corrected chi connectivity index (χ2v) is 17.5. The lowest BCUT2D eigenvalue weighted by Crippen LogP contribution is -2.46. The number of aliphatic hydroxyl groups is 1. The molecular weight excluding hydrogens is 707 g/mol. The minimum absolute atomic E-state index is 0.0710. The van der Waals surface area contributed by atoms with E-state index in [-0.39, 0.29) is 19.1 Å². The van der Waals surface area contributed by atoms with Crippen LogP contribution in [0.4, 0.5) is 0 Å². The maximum atomic E-state index is 12.8. The first-order valence-electron chi connectivity index (χ1n) is 22.2. The van der Waals surface area contributed by atoms with E-state index in [1.165, 1.54) is 77.0 Å². The number of hydrogen-bond acceptors (Lipinski definition) is 5. The summed E-state index contributed by atoms with van der Waals surface area (Å²) in [6.07, 6.45) is 48.5. The fraction of sp³-hybridized carbons (Fsp3) is 0.761. The standard InChI is InChI=1S/C46H85N2O6P/c1-6-8-10-12-14-15-16-17-18-19-20-21-22-23-24-25-26-27-28-29-30-31-32-33-34-36-38-40-46(50)47-44(45(49)39-37-35-13-11-9-7-2)43-54-55(51,52)53-42-41-48(3,4)5/h8,10,14-15,17-18,20-21,23-24,44-45,49H,6-7,9,11-13,16,19,22,25-43H2,1-5H3,(H-,47,50,51,52)/p+1/b10-8-,15-14-,18-17-,21-20-,24-23-. The molecule has 320 valence electrons. The van der Waals surface area contributed by atoms with Crippen molar-refractivity contribution >= 4 is 13.7 Å². The maximum absolute atomic E-state index is 12.8. The summed E-state index contributed by atoms with van der Waals surface area (Å²) in [4.78, 5) is 23.0. The number of carbonyl (C=O) groups is 1. The highest BCUT2D eigenvalue weighted by Gasteiger charge is 2.28. The third kappa shape index (κ3) is 40.2. The summed E-state index contributed by atoms with van der Waals surface area (Å²) in [6.45, 7) is 4.69. The first kappa shape index (κ1) is 53.2. The predicted octanol–water partition coefficient (Wildman–Crippen LogP) is 12.2. The molecule has 0 saturated heterocycles. The summed E-state index contributed by atoms with van der Waals surface area (Å²) in [5.74, 6) is -0.157. The number of phosphoric acid groups is 1. The Morgan fingerprint density at radius 1 is 0.636 bits per heavy atom. The van der Waals surface area contributed by atoms with Crippen molar-refractivity contribution < 1.29 is 32.9 Å². The van der Waals surface area contributed by atoms with Crippen LogP contribution in [0, 0.1) is 0 Å². The van der Waals surface area contributed by atoms with Crippen LogP contribution >= 0.6 is 7.82 Å². The summed E-state index contributed by atoms with van der Waals surface area (Å²) in [5, 5.41) is 13.8. The number of amides is 1. The number of quaternary nitrogens is 1. The molecule has 0 spiro atoms. The van der Waals surface area contributed by atoms with Gasteiger partial charge >= 0.3 is 7.82 Å². The molecule has 55 heavy (non-hydrogen) atoms. The molecule has 0 aromatic heterocycles. The second-order valence-electron chi connectivity index (χ2n) is 16.0. The van der Waals surface area contributed by atoms with Crippen molar-refractivity contribution in [1.82, 2.24) is 5.32 Å². The van der Waals surface area contributed by atoms with Crippen LogP contribution in [0.2, 0.25) is 0 Å². The Morgan fingerprint density at radius 3 is 1.60 bits per heavy atom. The van der Waals surface area contributed by atoms with Crippen molar-refractivity contribution in [1.29, 1.82) is 0 Å². The molecule has 0 aliphatic carbocycles. The second kappa shape index (κ2) is 37.8. The number of nitrogens with one attached hydrogen (secondary N) is 1. The highest BCUT2D eigenvalue weighted by atomic mass is 31.2. The molecule has 0 aliphatic rings. The molecule has 9 heteroatoms. The van der Waals surface area contributed by atoms with Crippen molar-refractivity contribution in [2.75, 3.05) is 40.9 Å². The molecule has 0 rings (SSSR count). The summed E-state index contributed by atoms with van der Waals surface area (Å²) >= 11 is 0. The molecule has 0 radical (unpaired) electrons. The third-order valence-electron chi connectivity index (χ3n) is 9.53. The number of nitrogens with zero attached hydrogens (tertiary/aromatic N) is 1. The molecule has 0 fully saturated rings. The zero-order valence-electron chi connectivity index (χ0n) is 36.1. The molecule has 0 heterocycles. The first-order valence-corrected chi connectivity index (χ1v) is 23.6. The summed E-state index contributed by atoms with van der Waals surface area (Å²) in [7, 11) is 1.60. The van der Waals surface area contributed by atoms with Crippen LogP contribution < -0.4 is 5.32 Å². The van der Waals surface area contributed by atoms with Gasteiger partial charge in [-0.25, -0.2) is 4.57 Å². The van der Waals surface area contributed by atoms with Crippen molar-refractivity contribution in [3.63, 3.8) is 0 Å². The summed E-state index contributed by atoms with van der Waals surface area (Å²) in [6, 6.07) is -0.760. The Kier molecular flexibility index (Phi) is 36.5. The molecule has 1 amide bonds. The quantitative estimate of drug-likeness (QED) is 0.0248. The van der Waals surface area contributed by atoms with Crippen molar-refractivity contribution in [3.05, 3.63) is 60.8 Å². The van der Waals surface area contributed by atoms with Gasteiger partial charge in [0, 0.05) is 6.42 Å². The van der Waals surface area contributed by atoms with Crippen LogP contribution in [-0.4, -0.2) is 73.4 Å². The minimum atomic E-state index is -4.30. The lowest BCUT2D eigenvalue weighted by Gasteiger charge is -2.26.